The van der Waals surface area contributed by atoms with Gasteiger partial charge in [0.25, 0.3) is 11.8 Å². The number of carbonyl (C=O) groups is 5. The second-order valence-electron chi connectivity index (χ2n) is 15.5. The molecule has 1 aromatic heterocycles. The van der Waals surface area contributed by atoms with E-state index in [4.69, 9.17) is 21.1 Å². The quantitative estimate of drug-likeness (QED) is 0.0676. The van der Waals surface area contributed by atoms with Crippen LogP contribution >= 0.6 is 11.6 Å². The molecule has 18 heteroatoms. The van der Waals surface area contributed by atoms with E-state index in [0.717, 1.165) is 69.7 Å². The van der Waals surface area contributed by atoms with Crippen molar-refractivity contribution in [3.8, 4) is 11.5 Å². The number of anilines is 3. The molecule has 4 aromatic rings. The van der Waals surface area contributed by atoms with E-state index in [2.05, 4.69) is 41.0 Å². The molecular weight excluding hydrogens is 821 g/mol. The van der Waals surface area contributed by atoms with Gasteiger partial charge in [-0.15, -0.1) is 0 Å². The van der Waals surface area contributed by atoms with E-state index in [-0.39, 0.29) is 34.9 Å². The molecule has 7 rings (SSSR count). The van der Waals surface area contributed by atoms with Crippen molar-refractivity contribution < 1.29 is 37.8 Å². The van der Waals surface area contributed by atoms with Crippen LogP contribution < -0.4 is 30.7 Å². The molecule has 3 aromatic carbocycles. The van der Waals surface area contributed by atoms with Crippen LogP contribution in [0.4, 0.5) is 21.6 Å². The molecule has 2 fully saturated rings. The van der Waals surface area contributed by atoms with Gasteiger partial charge >= 0.3 is 0 Å². The Hall–Kier alpha value is -5.91. The fourth-order valence-corrected chi connectivity index (χ4v) is 8.10. The lowest BCUT2D eigenvalue weighted by Crippen LogP contribution is -2.54. The van der Waals surface area contributed by atoms with Crippen LogP contribution in [0.3, 0.4) is 0 Å². The third-order valence-electron chi connectivity index (χ3n) is 11.3. The van der Waals surface area contributed by atoms with E-state index < -0.39 is 35.5 Å². The molecule has 3 aliphatic heterocycles. The highest BCUT2D eigenvalue weighted by molar-refractivity contribution is 6.31. The highest BCUT2D eigenvalue weighted by Crippen LogP contribution is 2.36. The lowest BCUT2D eigenvalue weighted by Gasteiger charge is -2.34. The summed E-state index contributed by atoms with van der Waals surface area (Å²) in [6, 6.07) is 12.1. The molecule has 0 saturated carbocycles. The number of nitrogens with zero attached hydrogens (tertiary/aromatic N) is 5. The van der Waals surface area contributed by atoms with E-state index in [1.807, 2.05) is 6.07 Å². The molecule has 16 nitrogen and oxygen atoms in total. The SMILES string of the molecule is COc1cc2ncnc(Nc3ccc(F)c(Cl)c3)c2cc1OCCCN1CCN(CCC(=O)NCCCCCCNc2cccc3c2C(=O)N(C2CCC(=O)NC2=O)C3=O)CC1. The van der Waals surface area contributed by atoms with Gasteiger partial charge in [-0.05, 0) is 62.1 Å². The molecule has 0 aliphatic carbocycles. The number of halogens is 2. The number of hydrogen-bond donors (Lipinski definition) is 4. The van der Waals surface area contributed by atoms with Crippen molar-refractivity contribution in [3.05, 3.63) is 76.8 Å². The van der Waals surface area contributed by atoms with Gasteiger partial charge in [0.05, 0.1) is 35.4 Å². The largest absolute Gasteiger partial charge is 0.493 e. The number of rotatable bonds is 20. The van der Waals surface area contributed by atoms with Crippen LogP contribution in [0.2, 0.25) is 5.02 Å². The van der Waals surface area contributed by atoms with E-state index in [0.29, 0.717) is 72.3 Å². The van der Waals surface area contributed by atoms with Gasteiger partial charge in [0.1, 0.15) is 24.0 Å². The van der Waals surface area contributed by atoms with Crippen LogP contribution in [0.15, 0.2) is 54.9 Å². The maximum atomic E-state index is 13.7. The van der Waals surface area contributed by atoms with E-state index >= 15 is 0 Å². The lowest BCUT2D eigenvalue weighted by molar-refractivity contribution is -0.136. The number of benzene rings is 3. The normalized spacial score (nSPS) is 17.0. The van der Waals surface area contributed by atoms with Gasteiger partial charge in [0.15, 0.2) is 11.5 Å². The van der Waals surface area contributed by atoms with Crippen molar-refractivity contribution in [1.82, 2.24) is 35.3 Å². The number of aromatic nitrogens is 2. The Morgan fingerprint density at radius 3 is 2.44 bits per heavy atom. The molecule has 328 valence electrons. The fraction of sp³-hybridized carbons (Fsp3) is 0.432. The molecule has 0 spiro atoms. The first-order chi connectivity index (χ1) is 30.1. The van der Waals surface area contributed by atoms with E-state index in [1.165, 1.54) is 18.5 Å². The molecule has 3 aliphatic rings. The molecule has 5 amide bonds. The Kier molecular flexibility index (Phi) is 14.8. The second kappa shape index (κ2) is 20.8. The van der Waals surface area contributed by atoms with Gasteiger partial charge < -0.3 is 35.2 Å². The van der Waals surface area contributed by atoms with E-state index in [9.17, 15) is 28.4 Å². The van der Waals surface area contributed by atoms with Crippen LogP contribution in [0.25, 0.3) is 10.9 Å². The number of piperazine rings is 1. The van der Waals surface area contributed by atoms with Crippen LogP contribution in [0.1, 0.15) is 72.1 Å². The second-order valence-corrected chi connectivity index (χ2v) is 15.9. The summed E-state index contributed by atoms with van der Waals surface area (Å²) in [5, 5.41) is 12.4. The third-order valence-corrected chi connectivity index (χ3v) is 11.6. The Morgan fingerprint density at radius 2 is 1.68 bits per heavy atom. The molecule has 4 heterocycles. The topological polar surface area (TPSA) is 187 Å². The zero-order chi connectivity index (χ0) is 43.6. The molecule has 1 unspecified atom stereocenters. The Morgan fingerprint density at radius 1 is 0.903 bits per heavy atom. The van der Waals surface area contributed by atoms with Gasteiger partial charge in [-0.1, -0.05) is 30.5 Å². The van der Waals surface area contributed by atoms with Crippen LogP contribution in [-0.4, -0.2) is 126 Å². The number of unbranched alkanes of at least 4 members (excludes halogenated alkanes) is 3. The minimum absolute atomic E-state index is 0.00759. The van der Waals surface area contributed by atoms with Gasteiger partial charge in [-0.3, -0.25) is 34.2 Å². The molecule has 1 atom stereocenters. The predicted octanol–water partition coefficient (Wildman–Crippen LogP) is 5.14. The highest BCUT2D eigenvalue weighted by Gasteiger charge is 2.45. The maximum Gasteiger partial charge on any atom is 0.264 e. The molecule has 0 bridgehead atoms. The predicted molar refractivity (Wildman–Crippen MR) is 231 cm³/mol. The van der Waals surface area contributed by atoms with Crippen molar-refractivity contribution >= 4 is 69.2 Å². The number of fused-ring (bicyclic) bond motifs is 2. The molecule has 0 radical (unpaired) electrons. The van der Waals surface area contributed by atoms with Crippen molar-refractivity contribution in [2.24, 2.45) is 0 Å². The Bertz CT molecular complexity index is 2310. The van der Waals surface area contributed by atoms with Crippen molar-refractivity contribution in [2.45, 2.75) is 57.4 Å². The zero-order valence-electron chi connectivity index (χ0n) is 34.6. The molecule has 4 N–H and O–H groups in total. The minimum atomic E-state index is -1.00. The summed E-state index contributed by atoms with van der Waals surface area (Å²) in [5.41, 5.74) is 2.30. The van der Waals surface area contributed by atoms with Crippen LogP contribution in [0, 0.1) is 5.82 Å². The average molecular weight is 872 g/mol. The summed E-state index contributed by atoms with van der Waals surface area (Å²) >= 11 is 5.97. The first-order valence-electron chi connectivity index (χ1n) is 21.1. The number of amides is 5. The standard InChI is InChI=1S/C44H51ClFN9O7/c1-61-36-26-34-30(41(50-27-49-34)51-28-10-11-32(46)31(45)24-28)25-37(36)62-23-7-17-53-19-21-54(22-20-53)18-14-38(56)48-16-5-3-2-4-15-47-33-9-6-8-29-40(33)44(60)55(43(29)59)35-12-13-39(57)52-42(35)58/h6,8-11,24-27,35,47H,2-5,7,12-23H2,1H3,(H,48,56)(H,49,50,51)(H,52,57,58). The Balaban J connectivity index is 0.741. The number of carbonyl (C=O) groups excluding carboxylic acids is 5. The zero-order valence-corrected chi connectivity index (χ0v) is 35.4. The number of methoxy groups -OCH3 is 1. The van der Waals surface area contributed by atoms with Crippen molar-refractivity contribution in [2.75, 3.05) is 76.7 Å². The smallest absolute Gasteiger partial charge is 0.264 e. The summed E-state index contributed by atoms with van der Waals surface area (Å²) in [6.45, 7) is 6.90. The minimum Gasteiger partial charge on any atom is -0.493 e. The summed E-state index contributed by atoms with van der Waals surface area (Å²) < 4.78 is 25.5. The summed E-state index contributed by atoms with van der Waals surface area (Å²) in [6.07, 6.45) is 6.44. The number of imide groups is 2. The first-order valence-corrected chi connectivity index (χ1v) is 21.4. The van der Waals surface area contributed by atoms with Gasteiger partial charge in [-0.2, -0.15) is 0 Å². The van der Waals surface area contributed by atoms with Gasteiger partial charge in [0, 0.05) is 88.0 Å². The molecule has 2 saturated heterocycles. The van der Waals surface area contributed by atoms with Crippen molar-refractivity contribution in [3.63, 3.8) is 0 Å². The molecule has 62 heavy (non-hydrogen) atoms. The van der Waals surface area contributed by atoms with Crippen LogP contribution in [-0.2, 0) is 14.4 Å². The lowest BCUT2D eigenvalue weighted by atomic mass is 10.0. The van der Waals surface area contributed by atoms with Gasteiger partial charge in [-0.25, -0.2) is 14.4 Å². The average Bonchev–Trinajstić information content (AvgIpc) is 3.52. The van der Waals surface area contributed by atoms with Gasteiger partial charge in [0.2, 0.25) is 17.7 Å². The third kappa shape index (κ3) is 10.7. The van der Waals surface area contributed by atoms with Crippen LogP contribution in [0.5, 0.6) is 11.5 Å². The summed E-state index contributed by atoms with van der Waals surface area (Å²) in [4.78, 5) is 77.3. The van der Waals surface area contributed by atoms with Crippen molar-refractivity contribution in [1.29, 1.82) is 0 Å². The van der Waals surface area contributed by atoms with E-state index in [1.54, 1.807) is 37.4 Å². The fourth-order valence-electron chi connectivity index (χ4n) is 7.92. The number of hydrogen-bond acceptors (Lipinski definition) is 13. The Labute approximate surface area is 363 Å². The number of piperidine rings is 1. The molecular formula is C44H51ClFN9O7. The highest BCUT2D eigenvalue weighted by atomic mass is 35.5. The first kappa shape index (κ1) is 44.2. The summed E-state index contributed by atoms with van der Waals surface area (Å²) in [7, 11) is 1.58. The maximum absolute atomic E-state index is 13.7. The monoisotopic (exact) mass is 871 g/mol. The summed E-state index contributed by atoms with van der Waals surface area (Å²) in [5.74, 6) is -0.893. The number of nitrogens with one attached hydrogen (secondary N) is 4. The number of ether oxygens (including phenoxy) is 2.